The van der Waals surface area contributed by atoms with Gasteiger partial charge < -0.3 is 9.84 Å². The molecule has 0 radical (unpaired) electrons. The Morgan fingerprint density at radius 3 is 2.92 bits per heavy atom. The van der Waals surface area contributed by atoms with Gasteiger partial charge in [-0.25, -0.2) is 0 Å². The number of methoxy groups -OCH3 is 1. The maximum Gasteiger partial charge on any atom is 0.308 e. The van der Waals surface area contributed by atoms with Gasteiger partial charge in [-0.15, -0.1) is 0 Å². The Kier molecular flexibility index (Phi) is 3.25. The van der Waals surface area contributed by atoms with Crippen molar-refractivity contribution in [3.05, 3.63) is 22.4 Å². The number of aliphatic carboxylic acids is 1. The molecule has 0 aliphatic rings. The molecule has 0 spiro atoms. The summed E-state index contributed by atoms with van der Waals surface area (Å²) in [5.74, 6) is -0.379. The first kappa shape index (κ1) is 9.98. The van der Waals surface area contributed by atoms with Gasteiger partial charge in [0.05, 0.1) is 18.0 Å². The highest BCUT2D eigenvalue weighted by Gasteiger charge is 2.10. The Bertz CT molecular complexity index is 327. The fraction of sp³-hybridized carbons (Fsp3) is 0.250. The van der Waals surface area contributed by atoms with E-state index in [9.17, 15) is 4.79 Å². The van der Waals surface area contributed by atoms with E-state index in [2.05, 4.69) is 20.9 Å². The van der Waals surface area contributed by atoms with Crippen LogP contribution in [0.15, 0.2) is 16.9 Å². The molecule has 4 nitrogen and oxygen atoms in total. The van der Waals surface area contributed by atoms with Gasteiger partial charge in [0.2, 0.25) is 0 Å². The van der Waals surface area contributed by atoms with E-state index in [1.807, 2.05) is 0 Å². The minimum Gasteiger partial charge on any atom is -0.495 e. The molecule has 1 heterocycles. The fourth-order valence-corrected chi connectivity index (χ4v) is 1.52. The number of halogens is 1. The van der Waals surface area contributed by atoms with Gasteiger partial charge in [-0.2, -0.15) is 0 Å². The number of rotatable bonds is 3. The predicted molar refractivity (Wildman–Crippen MR) is 49.8 cm³/mol. The summed E-state index contributed by atoms with van der Waals surface area (Å²) in [7, 11) is 1.49. The molecule has 70 valence electrons. The molecule has 0 saturated heterocycles. The Balaban J connectivity index is 3.05. The molecule has 1 aromatic rings. The second kappa shape index (κ2) is 4.23. The molecule has 0 saturated carbocycles. The summed E-state index contributed by atoms with van der Waals surface area (Å²) >= 11 is 3.22. The smallest absolute Gasteiger partial charge is 0.308 e. The number of aromatic nitrogens is 1. The maximum absolute atomic E-state index is 10.4. The van der Waals surface area contributed by atoms with Crippen molar-refractivity contribution in [3.63, 3.8) is 0 Å². The van der Waals surface area contributed by atoms with Crippen molar-refractivity contribution in [1.29, 1.82) is 0 Å². The first-order valence-corrected chi connectivity index (χ1v) is 4.32. The lowest BCUT2D eigenvalue weighted by Gasteiger charge is -2.06. The lowest BCUT2D eigenvalue weighted by Crippen LogP contribution is -2.03. The number of nitrogens with zero attached hydrogens (tertiary/aromatic N) is 1. The van der Waals surface area contributed by atoms with Crippen LogP contribution in [0.25, 0.3) is 0 Å². The number of hydrogen-bond acceptors (Lipinski definition) is 3. The SMILES string of the molecule is COc1c(Br)cncc1CC(=O)O. The van der Waals surface area contributed by atoms with Crippen molar-refractivity contribution >= 4 is 21.9 Å². The monoisotopic (exact) mass is 245 g/mol. The molecule has 13 heavy (non-hydrogen) atoms. The summed E-state index contributed by atoms with van der Waals surface area (Å²) < 4.78 is 5.69. The molecule has 0 fully saturated rings. The van der Waals surface area contributed by atoms with E-state index in [1.165, 1.54) is 13.3 Å². The highest BCUT2D eigenvalue weighted by atomic mass is 79.9. The van der Waals surface area contributed by atoms with Gasteiger partial charge in [-0.1, -0.05) is 0 Å². The summed E-state index contributed by atoms with van der Waals surface area (Å²) in [6.07, 6.45) is 2.96. The van der Waals surface area contributed by atoms with E-state index in [1.54, 1.807) is 6.20 Å². The number of carboxylic acids is 1. The van der Waals surface area contributed by atoms with Crippen molar-refractivity contribution in [2.45, 2.75) is 6.42 Å². The molecule has 1 rings (SSSR count). The van der Waals surface area contributed by atoms with Gasteiger partial charge in [0, 0.05) is 18.0 Å². The van der Waals surface area contributed by atoms with Gasteiger partial charge in [0.25, 0.3) is 0 Å². The molecule has 0 amide bonds. The topological polar surface area (TPSA) is 59.4 Å². The number of pyridine rings is 1. The third kappa shape index (κ3) is 2.42. The van der Waals surface area contributed by atoms with Crippen LogP contribution in [0, 0.1) is 0 Å². The number of carbonyl (C=O) groups is 1. The van der Waals surface area contributed by atoms with Crippen LogP contribution in [-0.2, 0) is 11.2 Å². The summed E-state index contributed by atoms with van der Waals surface area (Å²) in [6.45, 7) is 0. The first-order chi connectivity index (χ1) is 6.15. The van der Waals surface area contributed by atoms with Crippen LogP contribution in [0.1, 0.15) is 5.56 Å². The number of hydrogen-bond donors (Lipinski definition) is 1. The molecule has 0 bridgehead atoms. The molecule has 0 aromatic carbocycles. The molecule has 0 aliphatic carbocycles. The van der Waals surface area contributed by atoms with Crippen molar-refractivity contribution in [1.82, 2.24) is 4.98 Å². The van der Waals surface area contributed by atoms with E-state index in [0.29, 0.717) is 15.8 Å². The third-order valence-electron chi connectivity index (χ3n) is 1.47. The molecule has 0 aliphatic heterocycles. The Morgan fingerprint density at radius 2 is 2.38 bits per heavy atom. The highest BCUT2D eigenvalue weighted by molar-refractivity contribution is 9.10. The van der Waals surface area contributed by atoms with Crippen LogP contribution in [0.5, 0.6) is 5.75 Å². The summed E-state index contributed by atoms with van der Waals surface area (Å²) in [6, 6.07) is 0. The Hall–Kier alpha value is -1.10. The minimum atomic E-state index is -0.904. The van der Waals surface area contributed by atoms with E-state index in [4.69, 9.17) is 9.84 Å². The Morgan fingerprint density at radius 1 is 1.69 bits per heavy atom. The van der Waals surface area contributed by atoms with Crippen molar-refractivity contribution in [2.24, 2.45) is 0 Å². The van der Waals surface area contributed by atoms with Gasteiger partial charge in [0.1, 0.15) is 5.75 Å². The predicted octanol–water partition coefficient (Wildman–Crippen LogP) is 1.48. The van der Waals surface area contributed by atoms with Crippen molar-refractivity contribution in [3.8, 4) is 5.75 Å². The lowest BCUT2D eigenvalue weighted by molar-refractivity contribution is -0.136. The number of carboxylic acid groups (broad SMARTS) is 1. The highest BCUT2D eigenvalue weighted by Crippen LogP contribution is 2.27. The van der Waals surface area contributed by atoms with E-state index in [-0.39, 0.29) is 6.42 Å². The molecule has 0 atom stereocenters. The fourth-order valence-electron chi connectivity index (χ4n) is 0.981. The van der Waals surface area contributed by atoms with Crippen LogP contribution < -0.4 is 4.74 Å². The molecule has 0 unspecified atom stereocenters. The normalized spacial score (nSPS) is 9.69. The second-order valence-electron chi connectivity index (χ2n) is 2.38. The average Bonchev–Trinajstić information content (AvgIpc) is 2.03. The lowest BCUT2D eigenvalue weighted by atomic mass is 10.2. The van der Waals surface area contributed by atoms with Crippen molar-refractivity contribution < 1.29 is 14.6 Å². The van der Waals surface area contributed by atoms with Gasteiger partial charge >= 0.3 is 5.97 Å². The zero-order valence-electron chi connectivity index (χ0n) is 6.95. The summed E-state index contributed by atoms with van der Waals surface area (Å²) in [5.41, 5.74) is 0.560. The van der Waals surface area contributed by atoms with Gasteiger partial charge in [0.15, 0.2) is 0 Å². The van der Waals surface area contributed by atoms with Gasteiger partial charge in [-0.3, -0.25) is 9.78 Å². The van der Waals surface area contributed by atoms with Gasteiger partial charge in [-0.05, 0) is 15.9 Å². The zero-order valence-corrected chi connectivity index (χ0v) is 8.54. The molecule has 1 N–H and O–H groups in total. The Labute approximate surface area is 83.7 Å². The molecular formula is C8H8BrNO3. The van der Waals surface area contributed by atoms with Crippen LogP contribution in [0.4, 0.5) is 0 Å². The molecule has 5 heteroatoms. The van der Waals surface area contributed by atoms with Crippen LogP contribution >= 0.6 is 15.9 Å². The zero-order chi connectivity index (χ0) is 9.84. The average molecular weight is 246 g/mol. The number of ether oxygens (including phenoxy) is 1. The first-order valence-electron chi connectivity index (χ1n) is 3.53. The molecular weight excluding hydrogens is 238 g/mol. The quantitative estimate of drug-likeness (QED) is 0.877. The van der Waals surface area contributed by atoms with Crippen LogP contribution in [-0.4, -0.2) is 23.2 Å². The van der Waals surface area contributed by atoms with E-state index in [0.717, 1.165) is 0 Å². The van der Waals surface area contributed by atoms with Crippen molar-refractivity contribution in [2.75, 3.05) is 7.11 Å². The van der Waals surface area contributed by atoms with Crippen LogP contribution in [0.3, 0.4) is 0 Å². The maximum atomic E-state index is 10.4. The third-order valence-corrected chi connectivity index (χ3v) is 2.04. The van der Waals surface area contributed by atoms with E-state index >= 15 is 0 Å². The summed E-state index contributed by atoms with van der Waals surface area (Å²) in [5, 5.41) is 8.58. The van der Waals surface area contributed by atoms with Crippen LogP contribution in [0.2, 0.25) is 0 Å². The standard InChI is InChI=1S/C8H8BrNO3/c1-13-8-5(2-7(11)12)3-10-4-6(8)9/h3-4H,2H2,1H3,(H,11,12). The second-order valence-corrected chi connectivity index (χ2v) is 3.24. The largest absolute Gasteiger partial charge is 0.495 e. The minimum absolute atomic E-state index is 0.0877. The van der Waals surface area contributed by atoms with E-state index < -0.39 is 5.97 Å². The molecule has 1 aromatic heterocycles. The summed E-state index contributed by atoms with van der Waals surface area (Å²) in [4.78, 5) is 14.3.